The molecule has 1 aromatic carbocycles. The highest BCUT2D eigenvalue weighted by Crippen LogP contribution is 2.38. The van der Waals surface area contributed by atoms with E-state index < -0.39 is 103 Å². The third-order valence-electron chi connectivity index (χ3n) is 13.7. The number of rotatable bonds is 15. The van der Waals surface area contributed by atoms with Crippen LogP contribution in [0.5, 0.6) is 0 Å². The van der Waals surface area contributed by atoms with Gasteiger partial charge >= 0.3 is 11.9 Å². The molecule has 3 aliphatic rings. The Morgan fingerprint density at radius 3 is 2.36 bits per heavy atom. The quantitative estimate of drug-likeness (QED) is 0.147. The molecule has 16 atom stereocenters. The average molecular weight is 971 g/mol. The van der Waals surface area contributed by atoms with Crippen LogP contribution in [0.4, 0.5) is 0 Å². The van der Waals surface area contributed by atoms with Gasteiger partial charge in [0.25, 0.3) is 0 Å². The lowest BCUT2D eigenvalue weighted by atomic mass is 9.82. The molecule has 2 aromatic rings. The van der Waals surface area contributed by atoms with Gasteiger partial charge in [0.15, 0.2) is 18.7 Å². The first-order valence-electron chi connectivity index (χ1n) is 24.5. The van der Waals surface area contributed by atoms with Crippen LogP contribution in [0.3, 0.4) is 0 Å². The summed E-state index contributed by atoms with van der Waals surface area (Å²) in [5.41, 5.74) is 0.353. The predicted octanol–water partition coefficient (Wildman–Crippen LogP) is 3.79. The number of hydrogen-bond acceptors (Lipinski definition) is 17. The molecule has 4 N–H and O–H groups in total. The molecule has 0 saturated carbocycles. The van der Waals surface area contributed by atoms with Gasteiger partial charge in [-0.3, -0.25) is 19.4 Å². The molecule has 18 heteroatoms. The van der Waals surface area contributed by atoms with Gasteiger partial charge in [0.1, 0.15) is 36.3 Å². The second-order valence-electron chi connectivity index (χ2n) is 19.6. The highest BCUT2D eigenvalue weighted by Gasteiger charge is 2.53. The topological polar surface area (TPSA) is 225 Å². The van der Waals surface area contributed by atoms with E-state index in [9.17, 15) is 34.5 Å². The van der Waals surface area contributed by atoms with Crippen LogP contribution in [0.2, 0.25) is 0 Å². The van der Waals surface area contributed by atoms with Gasteiger partial charge in [-0.2, -0.15) is 0 Å². The number of aromatic nitrogens is 1. The smallest absolute Gasteiger partial charge is 0.305 e. The summed E-state index contributed by atoms with van der Waals surface area (Å²) in [5.74, 6) is -2.52. The monoisotopic (exact) mass is 971 g/mol. The van der Waals surface area contributed by atoms with E-state index in [1.807, 2.05) is 61.4 Å². The number of carbonyl (C=O) groups is 4. The lowest BCUT2D eigenvalue weighted by molar-refractivity contribution is -0.344. The van der Waals surface area contributed by atoms with E-state index in [1.165, 1.54) is 7.11 Å². The van der Waals surface area contributed by atoms with Crippen LogP contribution in [0.15, 0.2) is 42.6 Å². The number of fused-ring (bicyclic) bond motifs is 1. The van der Waals surface area contributed by atoms with Gasteiger partial charge in [-0.15, -0.1) is 0 Å². The summed E-state index contributed by atoms with van der Waals surface area (Å²) in [6.45, 7) is 11.0. The van der Waals surface area contributed by atoms with Crippen molar-refractivity contribution >= 4 is 41.1 Å². The number of amides is 1. The van der Waals surface area contributed by atoms with Crippen LogP contribution in [0, 0.1) is 11.8 Å². The number of carbonyl (C=O) groups excluding carboxylic acids is 4. The summed E-state index contributed by atoms with van der Waals surface area (Å²) >= 11 is 0. The first-order valence-corrected chi connectivity index (χ1v) is 24.5. The number of β-amino-alcohol motifs (C(OH)–C–C–N with tert-alkyl or cyclic N) is 1. The van der Waals surface area contributed by atoms with Gasteiger partial charge in [-0.1, -0.05) is 51.1 Å². The van der Waals surface area contributed by atoms with Crippen molar-refractivity contribution in [2.24, 2.45) is 11.8 Å². The van der Waals surface area contributed by atoms with Crippen molar-refractivity contribution in [3.63, 3.8) is 0 Å². The van der Waals surface area contributed by atoms with Crippen molar-refractivity contribution < 1.29 is 67.7 Å². The summed E-state index contributed by atoms with van der Waals surface area (Å²) < 4.78 is 43.7. The number of pyridine rings is 1. The standard InChI is InChI=1S/C51H78N4O14/c1-11-41(59)66-39-27-40(58)53-35(17-15-16-33-20-23-52-37-19-14-13-18-36(33)37)21-24-55(9)29-38(57)30(3)26-34(22-25-56)47(48(39)63-10)69-50-45(61)44(54(7)8)46(31(4)65-50)68-43-28-51(6,62)49(32(5)64-43)67-42(60)12-2/h13-16,18-20,23,25,30-32,34-35,38-39,43-50,57,61-62H,11-12,17,21-22,24,26-29H2,1-10H3,(H,53,58)/t30-,31?,32?,34+,35?,38+,39-,43+,44?,45?,46-,47+,48+,49-,50+,51?/m1/s1. The molecule has 18 nitrogen and oxygen atoms in total. The zero-order chi connectivity index (χ0) is 50.6. The molecule has 3 fully saturated rings. The highest BCUT2D eigenvalue weighted by atomic mass is 16.7. The van der Waals surface area contributed by atoms with Crippen LogP contribution in [0.25, 0.3) is 17.0 Å². The lowest BCUT2D eigenvalue weighted by Gasteiger charge is -2.50. The number of aldehydes is 1. The number of likely N-dealkylation sites (N-methyl/N-ethyl adjacent to an activating group) is 2. The number of ether oxygens (including phenoxy) is 7. The third kappa shape index (κ3) is 15.0. The molecule has 1 aromatic heterocycles. The molecule has 69 heavy (non-hydrogen) atoms. The Morgan fingerprint density at radius 1 is 0.986 bits per heavy atom. The Bertz CT molecular complexity index is 2000. The number of para-hydroxylation sites is 1. The summed E-state index contributed by atoms with van der Waals surface area (Å²) in [7, 11) is 6.84. The predicted molar refractivity (Wildman–Crippen MR) is 256 cm³/mol. The van der Waals surface area contributed by atoms with Gasteiger partial charge < -0.3 is 68.4 Å². The number of esters is 2. The van der Waals surface area contributed by atoms with Gasteiger partial charge in [-0.05, 0) is 97.3 Å². The highest BCUT2D eigenvalue weighted by molar-refractivity contribution is 5.87. The van der Waals surface area contributed by atoms with E-state index in [0.717, 1.165) is 22.8 Å². The molecular weight excluding hydrogens is 893 g/mol. The van der Waals surface area contributed by atoms with Gasteiger partial charge in [0, 0.05) is 57.0 Å². The Labute approximate surface area is 407 Å². The first kappa shape index (κ1) is 56.0. The Balaban J connectivity index is 1.45. The summed E-state index contributed by atoms with van der Waals surface area (Å²) in [6.07, 6.45) is -3.84. The molecular formula is C51H78N4O14. The van der Waals surface area contributed by atoms with E-state index in [-0.39, 0.29) is 50.5 Å². The third-order valence-corrected chi connectivity index (χ3v) is 13.7. The number of aliphatic hydroxyl groups excluding tert-OH is 2. The Kier molecular flexibility index (Phi) is 21.1. The van der Waals surface area contributed by atoms with E-state index in [2.05, 4.69) is 10.3 Å². The van der Waals surface area contributed by atoms with E-state index in [1.54, 1.807) is 59.8 Å². The number of nitrogens with one attached hydrogen (secondary N) is 1. The van der Waals surface area contributed by atoms with Gasteiger partial charge in [0.05, 0.1) is 42.4 Å². The maximum absolute atomic E-state index is 14.2. The Morgan fingerprint density at radius 2 is 1.70 bits per heavy atom. The van der Waals surface area contributed by atoms with E-state index >= 15 is 0 Å². The molecule has 386 valence electrons. The lowest BCUT2D eigenvalue weighted by Crippen LogP contribution is -2.66. The molecule has 3 aliphatic heterocycles. The second-order valence-corrected chi connectivity index (χ2v) is 19.6. The molecule has 0 radical (unpaired) electrons. The first-order chi connectivity index (χ1) is 32.8. The fraction of sp³-hybridized carbons (Fsp3) is 0.706. The Hall–Kier alpha value is -3.95. The van der Waals surface area contributed by atoms with Crippen LogP contribution in [0.1, 0.15) is 98.5 Å². The normalized spacial score (nSPS) is 35.8. The summed E-state index contributed by atoms with van der Waals surface area (Å²) in [6, 6.07) is 8.66. The fourth-order valence-corrected chi connectivity index (χ4v) is 9.94. The minimum atomic E-state index is -1.50. The van der Waals surface area contributed by atoms with Crippen LogP contribution >= 0.6 is 0 Å². The molecule has 6 unspecified atom stereocenters. The molecule has 3 saturated heterocycles. The minimum Gasteiger partial charge on any atom is -0.459 e. The molecule has 1 amide bonds. The van der Waals surface area contributed by atoms with Crippen molar-refractivity contribution in [3.05, 3.63) is 48.2 Å². The maximum atomic E-state index is 14.2. The van der Waals surface area contributed by atoms with Crippen LogP contribution < -0.4 is 5.32 Å². The molecule has 0 spiro atoms. The van der Waals surface area contributed by atoms with Crippen molar-refractivity contribution in [1.29, 1.82) is 0 Å². The largest absolute Gasteiger partial charge is 0.459 e. The van der Waals surface area contributed by atoms with Crippen molar-refractivity contribution in [3.8, 4) is 0 Å². The van der Waals surface area contributed by atoms with Crippen molar-refractivity contribution in [2.45, 2.75) is 178 Å². The van der Waals surface area contributed by atoms with E-state index in [0.29, 0.717) is 25.9 Å². The number of benzene rings is 1. The van der Waals surface area contributed by atoms with Crippen LogP contribution in [-0.2, 0) is 52.3 Å². The average Bonchev–Trinajstić information content (AvgIpc) is 3.29. The zero-order valence-corrected chi connectivity index (χ0v) is 42.1. The van der Waals surface area contributed by atoms with Gasteiger partial charge in [0.2, 0.25) is 5.91 Å². The van der Waals surface area contributed by atoms with Crippen molar-refractivity contribution in [2.75, 3.05) is 41.3 Å². The molecule has 4 heterocycles. The van der Waals surface area contributed by atoms with Gasteiger partial charge in [-0.25, -0.2) is 0 Å². The maximum Gasteiger partial charge on any atom is 0.305 e. The summed E-state index contributed by atoms with van der Waals surface area (Å²) in [4.78, 5) is 60.5. The zero-order valence-electron chi connectivity index (χ0n) is 42.1. The fourth-order valence-electron chi connectivity index (χ4n) is 9.94. The SMILES string of the molecule is CCC(=O)O[C@@H]1C(C)O[C@@H](O[C@@H]2C(C)O[C@@H](O[C@H]3[C@@H](CC=O)C[C@@H](C)[C@@H](O)CN(C)CCC(CC=Cc4ccnc5ccccc45)NC(=O)C[C@@H](OC(=O)CC)[C@@H]3OC)C(O)C2N(C)C)CC1(C)O. The van der Waals surface area contributed by atoms with Crippen molar-refractivity contribution in [1.82, 2.24) is 20.1 Å². The summed E-state index contributed by atoms with van der Waals surface area (Å²) in [5, 5.41) is 39.5. The number of nitrogens with zero attached hydrogens (tertiary/aromatic N) is 3. The minimum absolute atomic E-state index is 0.00183. The van der Waals surface area contributed by atoms with Crippen LogP contribution in [-0.4, -0.2) is 181 Å². The molecule has 5 rings (SSSR count). The second kappa shape index (κ2) is 26.0. The molecule has 0 bridgehead atoms. The number of aliphatic hydroxyl groups is 3. The number of hydrogen-bond donors (Lipinski definition) is 4. The van der Waals surface area contributed by atoms with E-state index in [4.69, 9.17) is 33.2 Å². The number of methoxy groups -OCH3 is 1. The molecule has 0 aliphatic carbocycles.